The van der Waals surface area contributed by atoms with Crippen molar-refractivity contribution < 1.29 is 22.9 Å². The Balaban J connectivity index is 1.50. The van der Waals surface area contributed by atoms with E-state index in [-0.39, 0.29) is 48.4 Å². The van der Waals surface area contributed by atoms with Crippen LogP contribution in [0.4, 0.5) is 11.4 Å². The number of hydrogen-bond donors (Lipinski definition) is 1. The van der Waals surface area contributed by atoms with Crippen LogP contribution in [-0.2, 0) is 14.8 Å². The van der Waals surface area contributed by atoms with Gasteiger partial charge in [0.2, 0.25) is 15.8 Å². The molecule has 1 saturated heterocycles. The van der Waals surface area contributed by atoms with Crippen LogP contribution in [0.25, 0.3) is 10.8 Å². The fourth-order valence-electron chi connectivity index (χ4n) is 4.06. The topological polar surface area (TPSA) is 131 Å². The number of hydrogen-bond acceptors (Lipinski definition) is 8. The molecule has 1 N–H and O–H groups in total. The molecule has 3 aromatic rings. The molecule has 0 aromatic heterocycles. The van der Waals surface area contributed by atoms with Crippen LogP contribution in [0, 0.1) is 10.1 Å². The molecular formula is C22H18N4O6S. The highest BCUT2D eigenvalue weighted by atomic mass is 32.2. The van der Waals surface area contributed by atoms with E-state index in [1.54, 1.807) is 18.2 Å². The third-order valence-corrected chi connectivity index (χ3v) is 7.58. The van der Waals surface area contributed by atoms with Crippen LogP contribution in [0.3, 0.4) is 0 Å². The molecular weight excluding hydrogens is 448 g/mol. The normalized spacial score (nSPS) is 17.6. The van der Waals surface area contributed by atoms with Gasteiger partial charge in [0.1, 0.15) is 11.4 Å². The van der Waals surface area contributed by atoms with E-state index in [0.717, 1.165) is 16.8 Å². The molecule has 2 aliphatic rings. The minimum atomic E-state index is -3.91. The van der Waals surface area contributed by atoms with E-state index in [1.807, 2.05) is 18.2 Å². The number of nitrogens with zero attached hydrogens (tertiary/aromatic N) is 3. The quantitative estimate of drug-likeness (QED) is 0.452. The summed E-state index contributed by atoms with van der Waals surface area (Å²) in [6, 6.07) is 14.4. The molecule has 0 bridgehead atoms. The Bertz CT molecular complexity index is 1440. The average molecular weight is 466 g/mol. The largest absolute Gasteiger partial charge is 0.379 e. The Morgan fingerprint density at radius 1 is 1.03 bits per heavy atom. The number of Topliss-reactive ketones (excluding diaryl/α,β-unsaturated/α-hetero) is 1. The van der Waals surface area contributed by atoms with Crippen molar-refractivity contribution >= 4 is 43.7 Å². The van der Waals surface area contributed by atoms with Crippen LogP contribution >= 0.6 is 0 Å². The average Bonchev–Trinajstić information content (AvgIpc) is 3.11. The van der Waals surface area contributed by atoms with Gasteiger partial charge < -0.3 is 4.74 Å². The van der Waals surface area contributed by atoms with E-state index >= 15 is 0 Å². The number of ketones is 1. The van der Waals surface area contributed by atoms with Gasteiger partial charge in [0.25, 0.3) is 5.69 Å². The van der Waals surface area contributed by atoms with Crippen molar-refractivity contribution in [2.45, 2.75) is 4.90 Å². The molecule has 3 aromatic carbocycles. The van der Waals surface area contributed by atoms with E-state index in [2.05, 4.69) is 10.5 Å². The molecule has 168 valence electrons. The Hall–Kier alpha value is -3.67. The first-order valence-corrected chi connectivity index (χ1v) is 11.6. The first-order chi connectivity index (χ1) is 15.9. The molecule has 11 heteroatoms. The Kier molecular flexibility index (Phi) is 5.16. The SMILES string of the molecule is O=C1/C(=N/Nc2ccc(S(=O)(=O)N3CCOCC3)cc2[N+](=O)[O-])c2cccc3cccc1c23. The van der Waals surface area contributed by atoms with Crippen molar-refractivity contribution in [3.05, 3.63) is 75.8 Å². The molecule has 1 fully saturated rings. The summed E-state index contributed by atoms with van der Waals surface area (Å²) in [5.74, 6) is -0.288. The van der Waals surface area contributed by atoms with E-state index in [9.17, 15) is 23.3 Å². The van der Waals surface area contributed by atoms with Crippen molar-refractivity contribution in [1.82, 2.24) is 4.31 Å². The summed E-state index contributed by atoms with van der Waals surface area (Å²) in [5, 5.41) is 17.5. The van der Waals surface area contributed by atoms with E-state index in [1.165, 1.54) is 16.4 Å². The summed E-state index contributed by atoms with van der Waals surface area (Å²) in [7, 11) is -3.91. The third kappa shape index (κ3) is 3.55. The fourth-order valence-corrected chi connectivity index (χ4v) is 5.49. The molecule has 0 spiro atoms. The van der Waals surface area contributed by atoms with Crippen molar-refractivity contribution in [3.63, 3.8) is 0 Å². The lowest BCUT2D eigenvalue weighted by Crippen LogP contribution is -2.40. The van der Waals surface area contributed by atoms with Crippen molar-refractivity contribution in [2.24, 2.45) is 5.10 Å². The van der Waals surface area contributed by atoms with Gasteiger partial charge in [-0.1, -0.05) is 36.4 Å². The van der Waals surface area contributed by atoms with Crippen LogP contribution in [0.15, 0.2) is 64.6 Å². The number of carbonyl (C=O) groups excluding carboxylic acids is 1. The third-order valence-electron chi connectivity index (χ3n) is 5.68. The first-order valence-electron chi connectivity index (χ1n) is 10.1. The molecule has 0 atom stereocenters. The minimum Gasteiger partial charge on any atom is -0.379 e. The Labute approximate surface area is 188 Å². The number of nitro benzene ring substituents is 1. The number of nitro groups is 1. The monoisotopic (exact) mass is 466 g/mol. The fraction of sp³-hybridized carbons (Fsp3) is 0.182. The number of carbonyl (C=O) groups is 1. The summed E-state index contributed by atoms with van der Waals surface area (Å²) >= 11 is 0. The molecule has 10 nitrogen and oxygen atoms in total. The van der Waals surface area contributed by atoms with Gasteiger partial charge in [-0.2, -0.15) is 9.41 Å². The van der Waals surface area contributed by atoms with Gasteiger partial charge >= 0.3 is 0 Å². The van der Waals surface area contributed by atoms with Gasteiger partial charge in [-0.25, -0.2) is 8.42 Å². The molecule has 1 heterocycles. The molecule has 5 rings (SSSR count). The smallest absolute Gasteiger partial charge is 0.295 e. The van der Waals surface area contributed by atoms with Crippen molar-refractivity contribution in [1.29, 1.82) is 0 Å². The number of hydrazone groups is 1. The van der Waals surface area contributed by atoms with Gasteiger partial charge in [0, 0.05) is 35.7 Å². The number of nitrogens with one attached hydrogen (secondary N) is 1. The number of anilines is 1. The number of rotatable bonds is 5. The second kappa shape index (κ2) is 8.03. The zero-order valence-corrected chi connectivity index (χ0v) is 18.0. The van der Waals surface area contributed by atoms with Crippen LogP contribution in [0.2, 0.25) is 0 Å². The lowest BCUT2D eigenvalue weighted by Gasteiger charge is -2.26. The summed E-state index contributed by atoms with van der Waals surface area (Å²) in [6.07, 6.45) is 0. The molecule has 0 amide bonds. The van der Waals surface area contributed by atoms with E-state index < -0.39 is 20.6 Å². The minimum absolute atomic E-state index is 0.0237. The number of benzene rings is 3. The highest BCUT2D eigenvalue weighted by Crippen LogP contribution is 2.33. The van der Waals surface area contributed by atoms with Gasteiger partial charge in [-0.15, -0.1) is 0 Å². The summed E-state index contributed by atoms with van der Waals surface area (Å²) in [5.41, 5.74) is 3.41. The predicted molar refractivity (Wildman–Crippen MR) is 121 cm³/mol. The molecule has 1 aliphatic carbocycles. The van der Waals surface area contributed by atoms with Gasteiger partial charge in [0.05, 0.1) is 23.0 Å². The van der Waals surface area contributed by atoms with E-state index in [4.69, 9.17) is 4.74 Å². The standard InChI is InChI=1S/C22H18N4O6S/c27-22-17-6-2-4-14-3-1-5-16(20(14)17)21(22)24-23-18-8-7-15(13-19(18)26(28)29)33(30,31)25-9-11-32-12-10-25/h1-8,13,23H,9-12H2/b24-21+. The van der Waals surface area contributed by atoms with Crippen LogP contribution in [-0.4, -0.2) is 55.4 Å². The number of morpholine rings is 1. The van der Waals surface area contributed by atoms with Crippen LogP contribution in [0.5, 0.6) is 0 Å². The summed E-state index contributed by atoms with van der Waals surface area (Å²) in [6.45, 7) is 0.888. The van der Waals surface area contributed by atoms with Crippen LogP contribution in [0.1, 0.15) is 15.9 Å². The molecule has 0 unspecified atom stereocenters. The maximum Gasteiger partial charge on any atom is 0.295 e. The number of ether oxygens (including phenoxy) is 1. The maximum absolute atomic E-state index is 12.9. The van der Waals surface area contributed by atoms with Crippen molar-refractivity contribution in [2.75, 3.05) is 31.7 Å². The maximum atomic E-state index is 12.9. The first kappa shape index (κ1) is 21.2. The van der Waals surface area contributed by atoms with Gasteiger partial charge in [0.15, 0.2) is 0 Å². The van der Waals surface area contributed by atoms with E-state index in [0.29, 0.717) is 11.1 Å². The zero-order chi connectivity index (χ0) is 23.2. The highest BCUT2D eigenvalue weighted by Gasteiger charge is 2.31. The zero-order valence-electron chi connectivity index (χ0n) is 17.2. The van der Waals surface area contributed by atoms with Gasteiger partial charge in [-0.05, 0) is 17.5 Å². The second-order valence-corrected chi connectivity index (χ2v) is 9.50. The van der Waals surface area contributed by atoms with Crippen LogP contribution < -0.4 is 5.43 Å². The molecule has 1 aliphatic heterocycles. The van der Waals surface area contributed by atoms with Crippen molar-refractivity contribution in [3.8, 4) is 0 Å². The predicted octanol–water partition coefficient (Wildman–Crippen LogP) is 2.78. The molecule has 0 saturated carbocycles. The second-order valence-electron chi connectivity index (χ2n) is 7.56. The van der Waals surface area contributed by atoms with Gasteiger partial charge in [-0.3, -0.25) is 20.3 Å². The summed E-state index contributed by atoms with van der Waals surface area (Å²) in [4.78, 5) is 23.7. The summed E-state index contributed by atoms with van der Waals surface area (Å²) < 4.78 is 32.2. The highest BCUT2D eigenvalue weighted by molar-refractivity contribution is 7.89. The lowest BCUT2D eigenvalue weighted by atomic mass is 10.1. The lowest BCUT2D eigenvalue weighted by molar-refractivity contribution is -0.384. The number of sulfonamides is 1. The molecule has 0 radical (unpaired) electrons. The Morgan fingerprint density at radius 3 is 2.42 bits per heavy atom. The molecule has 33 heavy (non-hydrogen) atoms. The Morgan fingerprint density at radius 2 is 1.73 bits per heavy atom.